The summed E-state index contributed by atoms with van der Waals surface area (Å²) in [7, 11) is 3.20. The average molecular weight is 501 g/mol. The van der Waals surface area contributed by atoms with Crippen LogP contribution in [0.3, 0.4) is 0 Å². The summed E-state index contributed by atoms with van der Waals surface area (Å²) in [6.07, 6.45) is 3.05. The third kappa shape index (κ3) is 5.84. The largest absolute Gasteiger partial charge is 0.493 e. The van der Waals surface area contributed by atoms with Crippen LogP contribution in [-0.2, 0) is 5.41 Å². The number of methoxy groups -OCH3 is 2. The molecule has 0 spiro atoms. The van der Waals surface area contributed by atoms with Crippen molar-refractivity contribution in [3.05, 3.63) is 95.3 Å². The molecule has 1 saturated heterocycles. The van der Waals surface area contributed by atoms with Crippen LogP contribution in [-0.4, -0.2) is 44.5 Å². The summed E-state index contributed by atoms with van der Waals surface area (Å²) in [5.74, 6) is 0.965. The van der Waals surface area contributed by atoms with Gasteiger partial charge in [-0.15, -0.1) is 0 Å². The first-order valence-electron chi connectivity index (χ1n) is 12.7. The molecule has 0 saturated carbocycles. The van der Waals surface area contributed by atoms with Gasteiger partial charge in [-0.25, -0.2) is 4.39 Å². The van der Waals surface area contributed by atoms with Crippen molar-refractivity contribution in [2.75, 3.05) is 33.9 Å². The van der Waals surface area contributed by atoms with Crippen LogP contribution in [0.15, 0.2) is 72.8 Å². The summed E-state index contributed by atoms with van der Waals surface area (Å²) in [6.45, 7) is 2.51. The van der Waals surface area contributed by atoms with E-state index in [2.05, 4.69) is 11.0 Å². The Bertz CT molecular complexity index is 1230. The predicted molar refractivity (Wildman–Crippen MR) is 142 cm³/mol. The topological polar surface area (TPSA) is 62.6 Å². The van der Waals surface area contributed by atoms with Crippen molar-refractivity contribution in [3.63, 3.8) is 0 Å². The van der Waals surface area contributed by atoms with Gasteiger partial charge in [-0.05, 0) is 92.8 Å². The van der Waals surface area contributed by atoms with E-state index in [1.165, 1.54) is 12.1 Å². The molecular formula is C31H33FN2O3. The Morgan fingerprint density at radius 2 is 1.65 bits per heavy atom. The van der Waals surface area contributed by atoms with Crippen LogP contribution in [0.4, 0.5) is 4.39 Å². The molecule has 37 heavy (non-hydrogen) atoms. The van der Waals surface area contributed by atoms with Gasteiger partial charge in [0.15, 0.2) is 17.3 Å². The highest BCUT2D eigenvalue weighted by atomic mass is 19.1. The summed E-state index contributed by atoms with van der Waals surface area (Å²) in [6, 6.07) is 24.1. The summed E-state index contributed by atoms with van der Waals surface area (Å²) in [5.41, 5.74) is 1.59. The van der Waals surface area contributed by atoms with Crippen molar-refractivity contribution < 1.29 is 18.7 Å². The monoisotopic (exact) mass is 500 g/mol. The second-order valence-corrected chi connectivity index (χ2v) is 9.54. The average Bonchev–Trinajstić information content (AvgIpc) is 2.96. The zero-order chi connectivity index (χ0) is 26.3. The van der Waals surface area contributed by atoms with E-state index in [9.17, 15) is 14.4 Å². The molecule has 0 amide bonds. The molecule has 1 fully saturated rings. The molecule has 0 bridgehead atoms. The number of ketones is 1. The molecule has 1 heterocycles. The smallest absolute Gasteiger partial charge is 0.166 e. The number of Topliss-reactive ketones (excluding diaryl/α,β-unsaturated/α-hetero) is 1. The van der Waals surface area contributed by atoms with E-state index in [1.54, 1.807) is 26.4 Å². The van der Waals surface area contributed by atoms with Gasteiger partial charge in [0.1, 0.15) is 11.2 Å². The van der Waals surface area contributed by atoms with Crippen molar-refractivity contribution >= 4 is 5.78 Å². The fourth-order valence-electron chi connectivity index (χ4n) is 5.30. The zero-order valence-electron chi connectivity index (χ0n) is 21.5. The van der Waals surface area contributed by atoms with Crippen molar-refractivity contribution in [1.82, 2.24) is 4.90 Å². The number of nitrogens with zero attached hydrogens (tertiary/aromatic N) is 2. The Balaban J connectivity index is 1.43. The van der Waals surface area contributed by atoms with Crippen molar-refractivity contribution in [1.29, 1.82) is 5.26 Å². The standard InChI is InChI=1S/C31H33FN2O3/c1-36-28-14-11-26(21-29(28)37-2)31(22-33,25-7-4-3-5-8-25)17-6-18-34-19-15-24(16-20-34)30(35)23-9-12-27(32)13-10-23/h3-5,7-14,21,24H,6,15-20H2,1-2H3. The zero-order valence-corrected chi connectivity index (χ0v) is 21.5. The number of carbonyl (C=O) groups excluding carboxylic acids is 1. The fourth-order valence-corrected chi connectivity index (χ4v) is 5.30. The maximum absolute atomic E-state index is 13.2. The number of piperidine rings is 1. The molecule has 1 aliphatic heterocycles. The van der Waals surface area contributed by atoms with Gasteiger partial charge in [-0.2, -0.15) is 5.26 Å². The van der Waals surface area contributed by atoms with Crippen molar-refractivity contribution in [3.8, 4) is 17.6 Å². The number of benzene rings is 3. The van der Waals surface area contributed by atoms with Crippen LogP contribution in [0.5, 0.6) is 11.5 Å². The number of ether oxygens (including phenoxy) is 2. The Morgan fingerprint density at radius 1 is 0.973 bits per heavy atom. The molecule has 0 radical (unpaired) electrons. The highest BCUT2D eigenvalue weighted by Gasteiger charge is 2.35. The maximum Gasteiger partial charge on any atom is 0.166 e. The van der Waals surface area contributed by atoms with E-state index >= 15 is 0 Å². The minimum absolute atomic E-state index is 0.0315. The first-order valence-corrected chi connectivity index (χ1v) is 12.7. The first-order chi connectivity index (χ1) is 18.0. The summed E-state index contributed by atoms with van der Waals surface area (Å²) in [4.78, 5) is 15.2. The third-order valence-electron chi connectivity index (χ3n) is 7.45. The van der Waals surface area contributed by atoms with Gasteiger partial charge in [0.25, 0.3) is 0 Å². The molecule has 192 valence electrons. The molecule has 5 nitrogen and oxygen atoms in total. The molecule has 0 N–H and O–H groups in total. The molecule has 3 aromatic carbocycles. The van der Waals surface area contributed by atoms with Crippen molar-refractivity contribution in [2.45, 2.75) is 31.1 Å². The summed E-state index contributed by atoms with van der Waals surface area (Å²) < 4.78 is 24.1. The Kier molecular flexibility index (Phi) is 8.58. The number of carbonyl (C=O) groups is 1. The van der Waals surface area contributed by atoms with Crippen LogP contribution in [0.1, 0.15) is 47.2 Å². The Morgan fingerprint density at radius 3 is 2.27 bits per heavy atom. The van der Waals surface area contributed by atoms with Gasteiger partial charge in [0.2, 0.25) is 0 Å². The molecule has 6 heteroatoms. The number of rotatable bonds is 10. The second-order valence-electron chi connectivity index (χ2n) is 9.54. The van der Waals surface area contributed by atoms with Gasteiger partial charge in [-0.3, -0.25) is 4.79 Å². The van der Waals surface area contributed by atoms with E-state index in [4.69, 9.17) is 9.47 Å². The number of hydrogen-bond donors (Lipinski definition) is 0. The quantitative estimate of drug-likeness (QED) is 0.318. The summed E-state index contributed by atoms with van der Waals surface area (Å²) >= 11 is 0. The van der Waals surface area contributed by atoms with Gasteiger partial charge >= 0.3 is 0 Å². The molecule has 0 aromatic heterocycles. The highest BCUT2D eigenvalue weighted by molar-refractivity contribution is 5.97. The minimum Gasteiger partial charge on any atom is -0.493 e. The SMILES string of the molecule is COc1ccc(C(C#N)(CCCN2CCC(C(=O)c3ccc(F)cc3)CC2)c2ccccc2)cc1OC. The van der Waals surface area contributed by atoms with Gasteiger partial charge < -0.3 is 14.4 Å². The summed E-state index contributed by atoms with van der Waals surface area (Å²) in [5, 5.41) is 10.5. The number of halogens is 1. The van der Waals surface area contributed by atoms with Crippen LogP contribution in [0, 0.1) is 23.1 Å². The first kappa shape index (κ1) is 26.4. The normalized spacial score (nSPS) is 15.9. The second kappa shape index (κ2) is 12.0. The Hall–Kier alpha value is -3.69. The van der Waals surface area contributed by atoms with Gasteiger partial charge in [0, 0.05) is 11.5 Å². The van der Waals surface area contributed by atoms with Crippen LogP contribution >= 0.6 is 0 Å². The molecule has 4 rings (SSSR count). The maximum atomic E-state index is 13.2. The van der Waals surface area contributed by atoms with Crippen molar-refractivity contribution in [2.24, 2.45) is 5.92 Å². The third-order valence-corrected chi connectivity index (χ3v) is 7.45. The van der Waals surface area contributed by atoms with E-state index in [1.807, 2.05) is 48.5 Å². The van der Waals surface area contributed by atoms with Crippen LogP contribution in [0.25, 0.3) is 0 Å². The van der Waals surface area contributed by atoms with E-state index in [0.717, 1.165) is 50.0 Å². The van der Waals surface area contributed by atoms with Gasteiger partial charge in [0.05, 0.1) is 20.3 Å². The number of hydrogen-bond acceptors (Lipinski definition) is 5. The predicted octanol–water partition coefficient (Wildman–Crippen LogP) is 6.03. The Labute approximate surface area is 218 Å². The fraction of sp³-hybridized carbons (Fsp3) is 0.355. The lowest BCUT2D eigenvalue weighted by Crippen LogP contribution is -2.37. The molecule has 1 atom stereocenters. The molecular weight excluding hydrogens is 467 g/mol. The lowest BCUT2D eigenvalue weighted by Gasteiger charge is -2.33. The highest BCUT2D eigenvalue weighted by Crippen LogP contribution is 2.40. The molecule has 3 aromatic rings. The molecule has 0 aliphatic carbocycles. The number of nitriles is 1. The molecule has 1 unspecified atom stereocenters. The number of likely N-dealkylation sites (tertiary alicyclic amines) is 1. The van der Waals surface area contributed by atoms with E-state index in [0.29, 0.717) is 23.5 Å². The van der Waals surface area contributed by atoms with Gasteiger partial charge in [-0.1, -0.05) is 36.4 Å². The minimum atomic E-state index is -0.822. The lowest BCUT2D eigenvalue weighted by atomic mass is 9.72. The van der Waals surface area contributed by atoms with E-state index in [-0.39, 0.29) is 17.5 Å². The van der Waals surface area contributed by atoms with Crippen LogP contribution in [0.2, 0.25) is 0 Å². The van der Waals surface area contributed by atoms with Crippen LogP contribution < -0.4 is 9.47 Å². The van der Waals surface area contributed by atoms with E-state index < -0.39 is 5.41 Å². The molecule has 1 aliphatic rings. The lowest BCUT2D eigenvalue weighted by molar-refractivity contribution is 0.0838.